The van der Waals surface area contributed by atoms with Crippen molar-refractivity contribution in [1.82, 2.24) is 19.6 Å². The standard InChI is InChI=1S/C24H30N6O3S/c1-34(32,33)30-14-12-29(13-15-30)21-16-19-8-11-26-24(31)22(19)23(28-21)27-20-4-2-17(3-5-20)18-6-9-25-10-7-18/h2-5,8,11,16,18,25H,6-7,9-10,12-15H2,1H3,(H,26,31)(H,27,28). The zero-order chi connectivity index (χ0) is 23.7. The maximum absolute atomic E-state index is 12.7. The Hall–Kier alpha value is -2.95. The number of aromatic amines is 1. The van der Waals surface area contributed by atoms with E-state index in [1.165, 1.54) is 16.1 Å². The quantitative estimate of drug-likeness (QED) is 0.511. The lowest BCUT2D eigenvalue weighted by Crippen LogP contribution is -2.48. The van der Waals surface area contributed by atoms with E-state index in [2.05, 4.69) is 32.7 Å². The number of piperazine rings is 1. The maximum Gasteiger partial charge on any atom is 0.259 e. The monoisotopic (exact) mass is 482 g/mol. The summed E-state index contributed by atoms with van der Waals surface area (Å²) in [7, 11) is -3.21. The number of nitrogens with zero attached hydrogens (tertiary/aromatic N) is 3. The van der Waals surface area contributed by atoms with Gasteiger partial charge in [0.25, 0.3) is 5.56 Å². The van der Waals surface area contributed by atoms with E-state index in [0.717, 1.165) is 42.8 Å². The lowest BCUT2D eigenvalue weighted by Gasteiger charge is -2.34. The van der Waals surface area contributed by atoms with Crippen LogP contribution in [0.15, 0.2) is 47.4 Å². The Morgan fingerprint density at radius 1 is 1.03 bits per heavy atom. The van der Waals surface area contributed by atoms with Crippen LogP contribution in [0, 0.1) is 0 Å². The van der Waals surface area contributed by atoms with Crippen molar-refractivity contribution in [2.45, 2.75) is 18.8 Å². The molecular formula is C24H30N6O3S. The van der Waals surface area contributed by atoms with Crippen LogP contribution in [-0.2, 0) is 10.0 Å². The summed E-state index contributed by atoms with van der Waals surface area (Å²) in [6.45, 7) is 4.01. The molecule has 3 aromatic rings. The maximum atomic E-state index is 12.7. The van der Waals surface area contributed by atoms with Crippen LogP contribution in [-0.4, -0.2) is 68.2 Å². The first-order valence-electron chi connectivity index (χ1n) is 11.7. The number of anilines is 3. The molecule has 2 aromatic heterocycles. The van der Waals surface area contributed by atoms with Gasteiger partial charge in [-0.15, -0.1) is 0 Å². The molecule has 2 aliphatic rings. The number of pyridine rings is 2. The molecule has 9 nitrogen and oxygen atoms in total. The van der Waals surface area contributed by atoms with E-state index in [9.17, 15) is 13.2 Å². The summed E-state index contributed by atoms with van der Waals surface area (Å²) in [6, 6.07) is 12.1. The fraction of sp³-hybridized carbons (Fsp3) is 0.417. The van der Waals surface area contributed by atoms with Crippen LogP contribution in [0.25, 0.3) is 10.8 Å². The van der Waals surface area contributed by atoms with Gasteiger partial charge in [0, 0.05) is 38.1 Å². The van der Waals surface area contributed by atoms with Gasteiger partial charge in [-0.3, -0.25) is 4.79 Å². The lowest BCUT2D eigenvalue weighted by molar-refractivity contribution is 0.387. The first kappa shape index (κ1) is 22.8. The second-order valence-electron chi connectivity index (χ2n) is 9.02. The second kappa shape index (κ2) is 9.36. The third kappa shape index (κ3) is 4.79. The predicted octanol–water partition coefficient (Wildman–Crippen LogP) is 2.22. The molecule has 2 fully saturated rings. The smallest absolute Gasteiger partial charge is 0.259 e. The zero-order valence-corrected chi connectivity index (χ0v) is 20.1. The molecule has 0 radical (unpaired) electrons. The van der Waals surface area contributed by atoms with Crippen LogP contribution < -0.4 is 21.1 Å². The molecule has 34 heavy (non-hydrogen) atoms. The zero-order valence-electron chi connectivity index (χ0n) is 19.3. The van der Waals surface area contributed by atoms with Crippen LogP contribution in [0.5, 0.6) is 0 Å². The van der Waals surface area contributed by atoms with Crippen LogP contribution in [0.3, 0.4) is 0 Å². The number of aromatic nitrogens is 2. The highest BCUT2D eigenvalue weighted by molar-refractivity contribution is 7.88. The highest BCUT2D eigenvalue weighted by Crippen LogP contribution is 2.30. The van der Waals surface area contributed by atoms with E-state index >= 15 is 0 Å². The molecule has 2 saturated heterocycles. The molecule has 5 rings (SSSR count). The highest BCUT2D eigenvalue weighted by Gasteiger charge is 2.25. The van der Waals surface area contributed by atoms with Crippen LogP contribution >= 0.6 is 0 Å². The van der Waals surface area contributed by atoms with Crippen molar-refractivity contribution in [2.24, 2.45) is 0 Å². The van der Waals surface area contributed by atoms with Crippen LogP contribution in [0.1, 0.15) is 24.3 Å². The van der Waals surface area contributed by atoms with E-state index in [1.807, 2.05) is 24.3 Å². The van der Waals surface area contributed by atoms with Gasteiger partial charge in [-0.1, -0.05) is 12.1 Å². The Balaban J connectivity index is 1.43. The first-order valence-corrected chi connectivity index (χ1v) is 13.5. The number of nitrogens with one attached hydrogen (secondary N) is 3. The molecule has 2 aliphatic heterocycles. The van der Waals surface area contributed by atoms with Gasteiger partial charge in [0.1, 0.15) is 11.6 Å². The van der Waals surface area contributed by atoms with E-state index < -0.39 is 10.0 Å². The molecule has 4 heterocycles. The Bertz CT molecular complexity index is 1330. The molecule has 10 heteroatoms. The Morgan fingerprint density at radius 2 is 1.74 bits per heavy atom. The largest absolute Gasteiger partial charge is 0.354 e. The summed E-state index contributed by atoms with van der Waals surface area (Å²) in [5.41, 5.74) is 2.00. The van der Waals surface area contributed by atoms with E-state index in [-0.39, 0.29) is 5.56 Å². The first-order chi connectivity index (χ1) is 16.4. The summed E-state index contributed by atoms with van der Waals surface area (Å²) in [5.74, 6) is 1.79. The highest BCUT2D eigenvalue weighted by atomic mass is 32.2. The van der Waals surface area contributed by atoms with Crippen molar-refractivity contribution < 1.29 is 8.42 Å². The third-order valence-electron chi connectivity index (χ3n) is 6.76. The van der Waals surface area contributed by atoms with Gasteiger partial charge in [0.15, 0.2) is 0 Å². The molecule has 0 aliphatic carbocycles. The molecule has 0 amide bonds. The van der Waals surface area contributed by atoms with Crippen molar-refractivity contribution in [2.75, 3.05) is 55.7 Å². The summed E-state index contributed by atoms with van der Waals surface area (Å²) in [6.07, 6.45) is 5.15. The van der Waals surface area contributed by atoms with Gasteiger partial charge in [-0.25, -0.2) is 13.4 Å². The minimum Gasteiger partial charge on any atom is -0.354 e. The summed E-state index contributed by atoms with van der Waals surface area (Å²) >= 11 is 0. The second-order valence-corrected chi connectivity index (χ2v) is 11.0. The fourth-order valence-electron chi connectivity index (χ4n) is 4.83. The molecule has 0 bridgehead atoms. The van der Waals surface area contributed by atoms with Crippen LogP contribution in [0.2, 0.25) is 0 Å². The summed E-state index contributed by atoms with van der Waals surface area (Å²) < 4.78 is 25.2. The molecule has 3 N–H and O–H groups in total. The Labute approximate surface area is 199 Å². The number of fused-ring (bicyclic) bond motifs is 1. The van der Waals surface area contributed by atoms with Gasteiger partial charge >= 0.3 is 0 Å². The normalized spacial score (nSPS) is 18.3. The predicted molar refractivity (Wildman–Crippen MR) is 136 cm³/mol. The molecule has 0 saturated carbocycles. The van der Waals surface area contributed by atoms with E-state index in [0.29, 0.717) is 43.3 Å². The summed E-state index contributed by atoms with van der Waals surface area (Å²) in [4.78, 5) is 22.3. The Morgan fingerprint density at radius 3 is 2.41 bits per heavy atom. The van der Waals surface area contributed by atoms with E-state index in [4.69, 9.17) is 4.98 Å². The Kier molecular flexibility index (Phi) is 6.28. The molecule has 0 spiro atoms. The summed E-state index contributed by atoms with van der Waals surface area (Å²) in [5, 5.41) is 8.05. The van der Waals surface area contributed by atoms with Crippen molar-refractivity contribution >= 4 is 38.1 Å². The lowest BCUT2D eigenvalue weighted by atomic mass is 9.90. The van der Waals surface area contributed by atoms with E-state index in [1.54, 1.807) is 6.20 Å². The van der Waals surface area contributed by atoms with Crippen LogP contribution in [0.4, 0.5) is 17.3 Å². The van der Waals surface area contributed by atoms with Crippen molar-refractivity contribution in [3.05, 3.63) is 58.5 Å². The van der Waals surface area contributed by atoms with Gasteiger partial charge in [-0.05, 0) is 67.1 Å². The topological polar surface area (TPSA) is 110 Å². The molecular weight excluding hydrogens is 452 g/mol. The van der Waals surface area contributed by atoms with Gasteiger partial charge in [-0.2, -0.15) is 4.31 Å². The molecule has 0 atom stereocenters. The SMILES string of the molecule is CS(=O)(=O)N1CCN(c2cc3cc[nH]c(=O)c3c(Nc3ccc(C4CCNCC4)cc3)n2)CC1. The number of piperidine rings is 1. The number of hydrogen-bond donors (Lipinski definition) is 3. The van der Waals surface area contributed by atoms with Gasteiger partial charge < -0.3 is 20.5 Å². The van der Waals surface area contributed by atoms with Gasteiger partial charge in [0.05, 0.1) is 11.6 Å². The molecule has 180 valence electrons. The number of benzene rings is 1. The average molecular weight is 483 g/mol. The van der Waals surface area contributed by atoms with Crippen molar-refractivity contribution in [3.63, 3.8) is 0 Å². The number of H-pyrrole nitrogens is 1. The van der Waals surface area contributed by atoms with Crippen molar-refractivity contribution in [3.8, 4) is 0 Å². The number of sulfonamides is 1. The number of rotatable bonds is 5. The minimum atomic E-state index is -3.21. The average Bonchev–Trinajstić information content (AvgIpc) is 2.84. The molecule has 0 unspecified atom stereocenters. The fourth-order valence-corrected chi connectivity index (χ4v) is 5.66. The van der Waals surface area contributed by atoms with Gasteiger partial charge in [0.2, 0.25) is 10.0 Å². The minimum absolute atomic E-state index is 0.202. The molecule has 1 aromatic carbocycles. The number of hydrogen-bond acceptors (Lipinski definition) is 7. The van der Waals surface area contributed by atoms with Crippen molar-refractivity contribution in [1.29, 1.82) is 0 Å². The third-order valence-corrected chi connectivity index (χ3v) is 8.06.